The molecule has 0 saturated heterocycles. The molecule has 130 valence electrons. The molecule has 0 radical (unpaired) electrons. The lowest BCUT2D eigenvalue weighted by atomic mass is 10.1. The first kappa shape index (κ1) is 16.8. The highest BCUT2D eigenvalue weighted by Crippen LogP contribution is 2.33. The fourth-order valence-corrected chi connectivity index (χ4v) is 2.96. The molecule has 0 saturated carbocycles. The number of carbonyl (C=O) groups excluding carboxylic acids is 2. The molecule has 0 spiro atoms. The van der Waals surface area contributed by atoms with Gasteiger partial charge >= 0.3 is 5.97 Å². The molecule has 0 aliphatic carbocycles. The van der Waals surface area contributed by atoms with Crippen molar-refractivity contribution in [2.75, 3.05) is 23.4 Å². The number of nitrogens with zero attached hydrogens (tertiary/aromatic N) is 3. The molecule has 0 bridgehead atoms. The molecule has 0 atom stereocenters. The minimum atomic E-state index is -1.10. The second-order valence-corrected chi connectivity index (χ2v) is 6.22. The van der Waals surface area contributed by atoms with Crippen molar-refractivity contribution in [2.24, 2.45) is 0 Å². The number of rotatable bonds is 5. The number of aromatic nitrogens is 2. The molecule has 1 aliphatic rings. The molecule has 0 unspecified atom stereocenters. The molecule has 3 rings (SSSR count). The van der Waals surface area contributed by atoms with E-state index in [0.717, 1.165) is 11.4 Å². The van der Waals surface area contributed by atoms with Crippen LogP contribution in [0.5, 0.6) is 5.75 Å². The van der Waals surface area contributed by atoms with Crippen LogP contribution in [0.25, 0.3) is 0 Å². The molecular formula is C15H14N4O5S. The van der Waals surface area contributed by atoms with E-state index in [4.69, 9.17) is 9.84 Å². The van der Waals surface area contributed by atoms with Crippen molar-refractivity contribution in [1.82, 2.24) is 10.2 Å². The van der Waals surface area contributed by atoms with Crippen LogP contribution in [0.3, 0.4) is 0 Å². The van der Waals surface area contributed by atoms with Crippen LogP contribution >= 0.6 is 11.3 Å². The van der Waals surface area contributed by atoms with E-state index in [2.05, 4.69) is 15.5 Å². The Kier molecular flexibility index (Phi) is 4.61. The van der Waals surface area contributed by atoms with Crippen molar-refractivity contribution in [3.05, 3.63) is 28.8 Å². The summed E-state index contributed by atoms with van der Waals surface area (Å²) in [6.45, 7) is 1.44. The monoisotopic (exact) mass is 362 g/mol. The number of benzene rings is 1. The largest absolute Gasteiger partial charge is 0.482 e. The van der Waals surface area contributed by atoms with Gasteiger partial charge in [-0.25, -0.2) is 4.79 Å². The zero-order valence-electron chi connectivity index (χ0n) is 13.2. The SMILES string of the molecule is CCc1nnc(NC(=O)CN2C(=O)COc3cc(C(=O)O)ccc32)s1. The van der Waals surface area contributed by atoms with E-state index >= 15 is 0 Å². The first-order chi connectivity index (χ1) is 12.0. The normalized spacial score (nSPS) is 13.2. The number of fused-ring (bicyclic) bond motifs is 1. The third-order valence-electron chi connectivity index (χ3n) is 3.47. The molecular weight excluding hydrogens is 348 g/mol. The zero-order valence-corrected chi connectivity index (χ0v) is 14.0. The third kappa shape index (κ3) is 3.58. The van der Waals surface area contributed by atoms with Crippen LogP contribution in [-0.2, 0) is 16.0 Å². The van der Waals surface area contributed by atoms with Crippen LogP contribution in [-0.4, -0.2) is 46.2 Å². The quantitative estimate of drug-likeness (QED) is 0.818. The summed E-state index contributed by atoms with van der Waals surface area (Å²) in [7, 11) is 0. The van der Waals surface area contributed by atoms with Crippen LogP contribution in [0.15, 0.2) is 18.2 Å². The van der Waals surface area contributed by atoms with Gasteiger partial charge in [0, 0.05) is 0 Å². The Morgan fingerprint density at radius 2 is 2.20 bits per heavy atom. The molecule has 1 aromatic heterocycles. The lowest BCUT2D eigenvalue weighted by molar-refractivity contribution is -0.123. The molecule has 25 heavy (non-hydrogen) atoms. The number of carboxylic acids is 1. The molecule has 2 amide bonds. The predicted octanol–water partition coefficient (Wildman–Crippen LogP) is 1.16. The van der Waals surface area contributed by atoms with Crippen LogP contribution in [0.2, 0.25) is 0 Å². The van der Waals surface area contributed by atoms with E-state index in [0.29, 0.717) is 10.8 Å². The van der Waals surface area contributed by atoms with Gasteiger partial charge in [-0.2, -0.15) is 0 Å². The number of aryl methyl sites for hydroxylation is 1. The number of carboxylic acid groups (broad SMARTS) is 1. The molecule has 9 nitrogen and oxygen atoms in total. The first-order valence-electron chi connectivity index (χ1n) is 7.40. The predicted molar refractivity (Wildman–Crippen MR) is 89.2 cm³/mol. The molecule has 2 heterocycles. The highest BCUT2D eigenvalue weighted by atomic mass is 32.1. The second-order valence-electron chi connectivity index (χ2n) is 5.16. The maximum Gasteiger partial charge on any atom is 0.335 e. The smallest absolute Gasteiger partial charge is 0.335 e. The van der Waals surface area contributed by atoms with E-state index in [1.807, 2.05) is 6.92 Å². The Labute approximate surface area is 146 Å². The van der Waals surface area contributed by atoms with Crippen LogP contribution < -0.4 is 15.0 Å². The maximum atomic E-state index is 12.2. The maximum absolute atomic E-state index is 12.2. The van der Waals surface area contributed by atoms with E-state index < -0.39 is 17.8 Å². The summed E-state index contributed by atoms with van der Waals surface area (Å²) in [4.78, 5) is 36.6. The molecule has 1 aromatic carbocycles. The van der Waals surface area contributed by atoms with Gasteiger partial charge in [-0.3, -0.25) is 19.8 Å². The average Bonchev–Trinajstić information content (AvgIpc) is 3.04. The van der Waals surface area contributed by atoms with Crippen LogP contribution in [0.1, 0.15) is 22.3 Å². The summed E-state index contributed by atoms with van der Waals surface area (Å²) in [6.07, 6.45) is 0.717. The standard InChI is InChI=1S/C15H14N4O5S/c1-2-12-17-18-15(25-12)16-11(20)6-19-9-4-3-8(14(22)23)5-10(9)24-7-13(19)21/h3-5H,2,6-7H2,1H3,(H,22,23)(H,16,18,20). The summed E-state index contributed by atoms with van der Waals surface area (Å²) in [6, 6.07) is 4.13. The first-order valence-corrected chi connectivity index (χ1v) is 8.22. The lowest BCUT2D eigenvalue weighted by Gasteiger charge is -2.28. The van der Waals surface area contributed by atoms with Crippen LogP contribution in [0.4, 0.5) is 10.8 Å². The summed E-state index contributed by atoms with van der Waals surface area (Å²) >= 11 is 1.27. The Bertz CT molecular complexity index is 850. The number of aromatic carboxylic acids is 1. The van der Waals surface area contributed by atoms with Crippen molar-refractivity contribution in [3.63, 3.8) is 0 Å². The summed E-state index contributed by atoms with van der Waals surface area (Å²) in [5.41, 5.74) is 0.390. The number of ether oxygens (including phenoxy) is 1. The van der Waals surface area contributed by atoms with Crippen molar-refractivity contribution in [1.29, 1.82) is 0 Å². The van der Waals surface area contributed by atoms with Gasteiger partial charge in [-0.1, -0.05) is 18.3 Å². The second kappa shape index (κ2) is 6.85. The van der Waals surface area contributed by atoms with Gasteiger partial charge in [-0.15, -0.1) is 10.2 Å². The van der Waals surface area contributed by atoms with E-state index in [1.165, 1.54) is 34.4 Å². The number of carbonyl (C=O) groups is 3. The fourth-order valence-electron chi connectivity index (χ4n) is 2.26. The molecule has 0 fully saturated rings. The van der Waals surface area contributed by atoms with Gasteiger partial charge in [0.25, 0.3) is 5.91 Å². The van der Waals surface area contributed by atoms with Gasteiger partial charge in [0.05, 0.1) is 11.3 Å². The highest BCUT2D eigenvalue weighted by Gasteiger charge is 2.28. The number of nitrogens with one attached hydrogen (secondary N) is 1. The van der Waals surface area contributed by atoms with Crippen molar-refractivity contribution < 1.29 is 24.2 Å². The number of hydrogen-bond acceptors (Lipinski definition) is 7. The van der Waals surface area contributed by atoms with Gasteiger partial charge < -0.3 is 9.84 Å². The average molecular weight is 362 g/mol. The van der Waals surface area contributed by atoms with E-state index in [1.54, 1.807) is 0 Å². The van der Waals surface area contributed by atoms with Gasteiger partial charge in [-0.05, 0) is 24.6 Å². The molecule has 1 aliphatic heterocycles. The van der Waals surface area contributed by atoms with E-state index in [9.17, 15) is 14.4 Å². The lowest BCUT2D eigenvalue weighted by Crippen LogP contribution is -2.43. The van der Waals surface area contributed by atoms with Crippen molar-refractivity contribution in [3.8, 4) is 5.75 Å². The summed E-state index contributed by atoms with van der Waals surface area (Å²) < 4.78 is 5.27. The number of anilines is 2. The Balaban J connectivity index is 1.76. The van der Waals surface area contributed by atoms with Gasteiger partial charge in [0.1, 0.15) is 17.3 Å². The fraction of sp³-hybridized carbons (Fsp3) is 0.267. The molecule has 10 heteroatoms. The zero-order chi connectivity index (χ0) is 18.0. The molecule has 2 N–H and O–H groups in total. The molecule has 2 aromatic rings. The number of amides is 2. The highest BCUT2D eigenvalue weighted by molar-refractivity contribution is 7.15. The topological polar surface area (TPSA) is 122 Å². The minimum absolute atomic E-state index is 0.0402. The number of hydrogen-bond donors (Lipinski definition) is 2. The van der Waals surface area contributed by atoms with Crippen LogP contribution in [0, 0.1) is 0 Å². The van der Waals surface area contributed by atoms with E-state index in [-0.39, 0.29) is 24.5 Å². The van der Waals surface area contributed by atoms with Gasteiger partial charge in [0.15, 0.2) is 6.61 Å². The third-order valence-corrected chi connectivity index (χ3v) is 4.45. The Morgan fingerprint density at radius 3 is 2.88 bits per heavy atom. The summed E-state index contributed by atoms with van der Waals surface area (Å²) in [5.74, 6) is -1.67. The van der Waals surface area contributed by atoms with Crippen molar-refractivity contribution >= 4 is 39.9 Å². The van der Waals surface area contributed by atoms with Crippen molar-refractivity contribution in [2.45, 2.75) is 13.3 Å². The minimum Gasteiger partial charge on any atom is -0.482 e. The summed E-state index contributed by atoms with van der Waals surface area (Å²) in [5, 5.41) is 20.6. The Morgan fingerprint density at radius 1 is 1.40 bits per heavy atom. The van der Waals surface area contributed by atoms with Gasteiger partial charge in [0.2, 0.25) is 11.0 Å². The Hall–Kier alpha value is -3.01.